The summed E-state index contributed by atoms with van der Waals surface area (Å²) in [6.07, 6.45) is -4.50. The molecule has 0 bridgehead atoms. The van der Waals surface area contributed by atoms with E-state index < -0.39 is 21.8 Å². The zero-order valence-electron chi connectivity index (χ0n) is 10.7. The Hall–Kier alpha value is -1.32. The topological polar surface area (TPSA) is 81.4 Å². The number of halogens is 3. The van der Waals surface area contributed by atoms with E-state index in [-0.39, 0.29) is 30.2 Å². The van der Waals surface area contributed by atoms with E-state index >= 15 is 0 Å². The molecule has 0 saturated heterocycles. The first kappa shape index (κ1) is 16.7. The van der Waals surface area contributed by atoms with Crippen molar-refractivity contribution < 1.29 is 26.3 Å². The number of hydrogen-bond acceptors (Lipinski definition) is 4. The van der Waals surface area contributed by atoms with Gasteiger partial charge in [0, 0.05) is 13.7 Å². The van der Waals surface area contributed by atoms with E-state index in [0.717, 1.165) is 18.2 Å². The lowest BCUT2D eigenvalue weighted by atomic mass is 10.1. The SMILES string of the molecule is COCCS(=O)(=O)Nc1ccc(C(F)(F)F)cc1CN. The number of hydrogen-bond donors (Lipinski definition) is 2. The molecule has 9 heteroatoms. The smallest absolute Gasteiger partial charge is 0.384 e. The number of sulfonamides is 1. The van der Waals surface area contributed by atoms with Crippen molar-refractivity contribution in [2.24, 2.45) is 5.73 Å². The Morgan fingerprint density at radius 2 is 2.00 bits per heavy atom. The average Bonchev–Trinajstić information content (AvgIpc) is 2.35. The Labute approximate surface area is 115 Å². The maximum atomic E-state index is 12.5. The lowest BCUT2D eigenvalue weighted by Crippen LogP contribution is -2.21. The molecular formula is C11H15F3N2O3S. The van der Waals surface area contributed by atoms with E-state index in [2.05, 4.69) is 9.46 Å². The van der Waals surface area contributed by atoms with Crippen LogP contribution in [0.25, 0.3) is 0 Å². The maximum absolute atomic E-state index is 12.5. The molecule has 0 atom stereocenters. The van der Waals surface area contributed by atoms with Gasteiger partial charge in [-0.2, -0.15) is 13.2 Å². The molecule has 1 rings (SSSR count). The predicted octanol–water partition coefficient (Wildman–Crippen LogP) is 1.55. The highest BCUT2D eigenvalue weighted by Gasteiger charge is 2.31. The maximum Gasteiger partial charge on any atom is 0.416 e. The average molecular weight is 312 g/mol. The van der Waals surface area contributed by atoms with E-state index in [0.29, 0.717) is 0 Å². The first-order chi connectivity index (χ1) is 9.19. The number of alkyl halides is 3. The van der Waals surface area contributed by atoms with E-state index in [1.165, 1.54) is 7.11 Å². The van der Waals surface area contributed by atoms with E-state index in [1.807, 2.05) is 0 Å². The van der Waals surface area contributed by atoms with Gasteiger partial charge in [0.05, 0.1) is 23.6 Å². The van der Waals surface area contributed by atoms with Crippen molar-refractivity contribution in [1.82, 2.24) is 0 Å². The minimum atomic E-state index is -4.50. The number of benzene rings is 1. The molecule has 114 valence electrons. The van der Waals surface area contributed by atoms with Crippen molar-refractivity contribution >= 4 is 15.7 Å². The van der Waals surface area contributed by atoms with Crippen LogP contribution in [0.3, 0.4) is 0 Å². The molecule has 0 fully saturated rings. The number of nitrogens with two attached hydrogens (primary N) is 1. The molecule has 0 saturated carbocycles. The van der Waals surface area contributed by atoms with Crippen molar-refractivity contribution in [1.29, 1.82) is 0 Å². The van der Waals surface area contributed by atoms with Gasteiger partial charge in [-0.05, 0) is 23.8 Å². The molecule has 0 aliphatic rings. The monoisotopic (exact) mass is 312 g/mol. The minimum Gasteiger partial charge on any atom is -0.384 e. The van der Waals surface area contributed by atoms with Crippen LogP contribution in [0.4, 0.5) is 18.9 Å². The second-order valence-electron chi connectivity index (χ2n) is 3.99. The van der Waals surface area contributed by atoms with Crippen LogP contribution in [0.15, 0.2) is 18.2 Å². The third-order valence-electron chi connectivity index (χ3n) is 2.47. The van der Waals surface area contributed by atoms with Gasteiger partial charge < -0.3 is 10.5 Å². The zero-order valence-corrected chi connectivity index (χ0v) is 11.5. The molecule has 1 aromatic carbocycles. The van der Waals surface area contributed by atoms with Crippen LogP contribution in [-0.4, -0.2) is 27.9 Å². The summed E-state index contributed by atoms with van der Waals surface area (Å²) in [5.41, 5.74) is 4.59. The summed E-state index contributed by atoms with van der Waals surface area (Å²) < 4.78 is 67.8. The van der Waals surface area contributed by atoms with Crippen LogP contribution in [0.1, 0.15) is 11.1 Å². The second kappa shape index (κ2) is 6.42. The highest BCUT2D eigenvalue weighted by Crippen LogP contribution is 2.32. The van der Waals surface area contributed by atoms with Gasteiger partial charge in [0.1, 0.15) is 0 Å². The van der Waals surface area contributed by atoms with Crippen LogP contribution in [-0.2, 0) is 27.5 Å². The van der Waals surface area contributed by atoms with Crippen molar-refractivity contribution in [3.63, 3.8) is 0 Å². The molecule has 0 spiro atoms. The molecule has 0 aliphatic heterocycles. The summed E-state index contributed by atoms with van der Waals surface area (Å²) in [4.78, 5) is 0. The minimum absolute atomic E-state index is 0.0199. The highest BCUT2D eigenvalue weighted by atomic mass is 32.2. The van der Waals surface area contributed by atoms with Gasteiger partial charge in [0.2, 0.25) is 10.0 Å². The first-order valence-electron chi connectivity index (χ1n) is 5.59. The molecule has 5 nitrogen and oxygen atoms in total. The van der Waals surface area contributed by atoms with Gasteiger partial charge in [-0.1, -0.05) is 0 Å². The van der Waals surface area contributed by atoms with E-state index in [1.54, 1.807) is 0 Å². The predicted molar refractivity (Wildman–Crippen MR) is 68.6 cm³/mol. The molecule has 0 aliphatic carbocycles. The summed E-state index contributed by atoms with van der Waals surface area (Å²) in [7, 11) is -2.34. The second-order valence-corrected chi connectivity index (χ2v) is 5.83. The molecule has 0 radical (unpaired) electrons. The van der Waals surface area contributed by atoms with E-state index in [4.69, 9.17) is 5.73 Å². The van der Waals surface area contributed by atoms with Crippen molar-refractivity contribution in [2.45, 2.75) is 12.7 Å². The number of ether oxygens (including phenoxy) is 1. The third-order valence-corrected chi connectivity index (χ3v) is 3.71. The number of methoxy groups -OCH3 is 1. The number of rotatable bonds is 6. The fourth-order valence-corrected chi connectivity index (χ4v) is 2.47. The van der Waals surface area contributed by atoms with Crippen molar-refractivity contribution in [3.05, 3.63) is 29.3 Å². The van der Waals surface area contributed by atoms with Crippen LogP contribution in [0.2, 0.25) is 0 Å². The van der Waals surface area contributed by atoms with E-state index in [9.17, 15) is 21.6 Å². The molecule has 0 aromatic heterocycles. The van der Waals surface area contributed by atoms with Crippen molar-refractivity contribution in [3.8, 4) is 0 Å². The quantitative estimate of drug-likeness (QED) is 0.835. The van der Waals surface area contributed by atoms with Crippen LogP contribution in [0.5, 0.6) is 0 Å². The Bertz CT molecular complexity index is 559. The van der Waals surface area contributed by atoms with Gasteiger partial charge in [0.25, 0.3) is 0 Å². The summed E-state index contributed by atoms with van der Waals surface area (Å²) in [6, 6.07) is 2.68. The van der Waals surface area contributed by atoms with Gasteiger partial charge in [-0.25, -0.2) is 8.42 Å². The Balaban J connectivity index is 3.02. The summed E-state index contributed by atoms with van der Waals surface area (Å²) in [5, 5.41) is 0. The standard InChI is InChI=1S/C11H15F3N2O3S/c1-19-4-5-20(17,18)16-10-3-2-9(11(12,13)14)6-8(10)7-15/h2-3,6,16H,4-5,7,15H2,1H3. The fraction of sp³-hybridized carbons (Fsp3) is 0.455. The molecular weight excluding hydrogens is 297 g/mol. The number of nitrogens with one attached hydrogen (secondary N) is 1. The lowest BCUT2D eigenvalue weighted by molar-refractivity contribution is -0.137. The molecule has 1 aromatic rings. The molecule has 0 unspecified atom stereocenters. The third kappa shape index (κ3) is 4.66. The molecule has 0 heterocycles. The summed E-state index contributed by atoms with van der Waals surface area (Å²) in [5.74, 6) is -0.297. The molecule has 0 amide bonds. The van der Waals surface area contributed by atoms with Gasteiger partial charge >= 0.3 is 6.18 Å². The lowest BCUT2D eigenvalue weighted by Gasteiger charge is -2.14. The summed E-state index contributed by atoms with van der Waals surface area (Å²) >= 11 is 0. The highest BCUT2D eigenvalue weighted by molar-refractivity contribution is 7.92. The van der Waals surface area contributed by atoms with Crippen LogP contribution >= 0.6 is 0 Å². The van der Waals surface area contributed by atoms with Gasteiger partial charge in [-0.3, -0.25) is 4.72 Å². The normalized spacial score (nSPS) is 12.4. The van der Waals surface area contributed by atoms with Crippen LogP contribution < -0.4 is 10.5 Å². The Morgan fingerprint density at radius 1 is 1.35 bits per heavy atom. The number of anilines is 1. The zero-order chi connectivity index (χ0) is 15.4. The van der Waals surface area contributed by atoms with Crippen LogP contribution in [0, 0.1) is 0 Å². The Kier molecular flexibility index (Phi) is 5.37. The van der Waals surface area contributed by atoms with Gasteiger partial charge in [0.15, 0.2) is 0 Å². The largest absolute Gasteiger partial charge is 0.416 e. The molecule has 3 N–H and O–H groups in total. The fourth-order valence-electron chi connectivity index (χ4n) is 1.45. The van der Waals surface area contributed by atoms with Gasteiger partial charge in [-0.15, -0.1) is 0 Å². The summed E-state index contributed by atoms with van der Waals surface area (Å²) in [6.45, 7) is -0.236. The molecule has 20 heavy (non-hydrogen) atoms. The first-order valence-corrected chi connectivity index (χ1v) is 7.24. The van der Waals surface area contributed by atoms with Crippen molar-refractivity contribution in [2.75, 3.05) is 24.2 Å². The Morgan fingerprint density at radius 3 is 2.50 bits per heavy atom.